The molecule has 2 aromatic carbocycles. The minimum absolute atomic E-state index is 0.302. The summed E-state index contributed by atoms with van der Waals surface area (Å²) in [5.41, 5.74) is 3.66. The maximum absolute atomic E-state index is 11.6. The van der Waals surface area contributed by atoms with Gasteiger partial charge in [-0.15, -0.1) is 11.8 Å². The van der Waals surface area contributed by atoms with Crippen LogP contribution in [0.25, 0.3) is 0 Å². The van der Waals surface area contributed by atoms with Gasteiger partial charge in [0, 0.05) is 21.8 Å². The molecular formula is C16H18N2O2S. The summed E-state index contributed by atoms with van der Waals surface area (Å²) < 4.78 is 5.62. The fraction of sp³-hybridized carbons (Fsp3) is 0.188. The quantitative estimate of drug-likeness (QED) is 0.373. The van der Waals surface area contributed by atoms with Crippen LogP contribution in [0.5, 0.6) is 5.75 Å². The number of nitrogen functional groups attached to an aromatic ring is 1. The minimum atomic E-state index is -0.302. The summed E-state index contributed by atoms with van der Waals surface area (Å²) in [6.07, 6.45) is 0. The molecule has 2 rings (SSSR count). The molecule has 0 unspecified atom stereocenters. The molecule has 0 fully saturated rings. The molecule has 4 nitrogen and oxygen atoms in total. The van der Waals surface area contributed by atoms with Crippen LogP contribution in [-0.4, -0.2) is 12.5 Å². The maximum atomic E-state index is 11.6. The van der Waals surface area contributed by atoms with Gasteiger partial charge in [0.25, 0.3) is 5.91 Å². The Morgan fingerprint density at radius 1 is 1.24 bits per heavy atom. The fourth-order valence-electron chi connectivity index (χ4n) is 1.89. The van der Waals surface area contributed by atoms with Crippen molar-refractivity contribution >= 4 is 17.7 Å². The summed E-state index contributed by atoms with van der Waals surface area (Å²) in [5, 5.41) is 0. The van der Waals surface area contributed by atoms with Crippen LogP contribution in [0.2, 0.25) is 0 Å². The second-order valence-electron chi connectivity index (χ2n) is 4.33. The van der Waals surface area contributed by atoms with E-state index in [2.05, 4.69) is 17.6 Å². The van der Waals surface area contributed by atoms with E-state index in [1.165, 1.54) is 4.90 Å². The van der Waals surface area contributed by atoms with Crippen molar-refractivity contribution in [1.82, 2.24) is 5.43 Å². The molecule has 0 bridgehead atoms. The fourth-order valence-corrected chi connectivity index (χ4v) is 2.79. The Kier molecular flexibility index (Phi) is 5.66. The Bertz CT molecular complexity index is 602. The number of hydrazine groups is 1. The van der Waals surface area contributed by atoms with Crippen molar-refractivity contribution in [1.29, 1.82) is 0 Å². The summed E-state index contributed by atoms with van der Waals surface area (Å²) in [5.74, 6) is 6.41. The first kappa shape index (κ1) is 15.4. The number of thioether (sulfide) groups is 1. The van der Waals surface area contributed by atoms with Crippen LogP contribution in [-0.2, 0) is 5.75 Å². The highest BCUT2D eigenvalue weighted by Gasteiger charge is 2.10. The number of carbonyl (C=O) groups excluding carboxylic acids is 1. The van der Waals surface area contributed by atoms with Crippen LogP contribution >= 0.6 is 11.8 Å². The Morgan fingerprint density at radius 2 is 2.00 bits per heavy atom. The lowest BCUT2D eigenvalue weighted by Gasteiger charge is -2.11. The standard InChI is InChI=1S/C16H18N2O2S/c1-2-20-15-9-8-12(16(19)18-17)10-13(15)11-21-14-6-4-3-5-7-14/h3-10H,2,11,17H2,1H3,(H,18,19). The van der Waals surface area contributed by atoms with Gasteiger partial charge in [-0.1, -0.05) is 18.2 Å². The normalized spacial score (nSPS) is 10.2. The van der Waals surface area contributed by atoms with Crippen molar-refractivity contribution in [2.24, 2.45) is 5.84 Å². The van der Waals surface area contributed by atoms with E-state index < -0.39 is 0 Å². The van der Waals surface area contributed by atoms with Gasteiger partial charge in [0.2, 0.25) is 0 Å². The monoisotopic (exact) mass is 302 g/mol. The number of hydrogen-bond donors (Lipinski definition) is 2. The van der Waals surface area contributed by atoms with Gasteiger partial charge < -0.3 is 4.74 Å². The van der Waals surface area contributed by atoms with E-state index in [4.69, 9.17) is 10.6 Å². The van der Waals surface area contributed by atoms with Crippen molar-refractivity contribution in [2.45, 2.75) is 17.6 Å². The number of nitrogens with one attached hydrogen (secondary N) is 1. The SMILES string of the molecule is CCOc1ccc(C(=O)NN)cc1CSc1ccccc1. The highest BCUT2D eigenvalue weighted by atomic mass is 32.2. The first-order chi connectivity index (χ1) is 10.2. The number of carbonyl (C=O) groups is 1. The first-order valence-corrected chi connectivity index (χ1v) is 7.67. The van der Waals surface area contributed by atoms with Crippen LogP contribution in [0.4, 0.5) is 0 Å². The average molecular weight is 302 g/mol. The predicted molar refractivity (Wildman–Crippen MR) is 85.3 cm³/mol. The molecular weight excluding hydrogens is 284 g/mol. The zero-order chi connectivity index (χ0) is 15.1. The third-order valence-corrected chi connectivity index (χ3v) is 3.95. The van der Waals surface area contributed by atoms with Crippen LogP contribution in [0.15, 0.2) is 53.4 Å². The molecule has 0 aliphatic rings. The van der Waals surface area contributed by atoms with Gasteiger partial charge >= 0.3 is 0 Å². The highest BCUT2D eigenvalue weighted by molar-refractivity contribution is 7.98. The molecule has 21 heavy (non-hydrogen) atoms. The molecule has 0 saturated carbocycles. The van der Waals surface area contributed by atoms with E-state index in [9.17, 15) is 4.79 Å². The summed E-state index contributed by atoms with van der Waals surface area (Å²) >= 11 is 1.70. The number of rotatable bonds is 6. The second kappa shape index (κ2) is 7.71. The van der Waals surface area contributed by atoms with Crippen molar-refractivity contribution in [3.05, 3.63) is 59.7 Å². The highest BCUT2D eigenvalue weighted by Crippen LogP contribution is 2.29. The molecule has 0 aliphatic carbocycles. The van der Waals surface area contributed by atoms with E-state index in [1.807, 2.05) is 37.3 Å². The number of amides is 1. The molecule has 3 N–H and O–H groups in total. The van der Waals surface area contributed by atoms with E-state index >= 15 is 0 Å². The van der Waals surface area contributed by atoms with Crippen LogP contribution < -0.4 is 16.0 Å². The van der Waals surface area contributed by atoms with Gasteiger partial charge in [0.15, 0.2) is 0 Å². The first-order valence-electron chi connectivity index (χ1n) is 6.69. The molecule has 2 aromatic rings. The van der Waals surface area contributed by atoms with Gasteiger partial charge in [0.05, 0.1) is 6.61 Å². The van der Waals surface area contributed by atoms with E-state index in [0.717, 1.165) is 17.1 Å². The molecule has 0 heterocycles. The number of nitrogens with two attached hydrogens (primary N) is 1. The van der Waals surface area contributed by atoms with Gasteiger partial charge in [-0.3, -0.25) is 10.2 Å². The van der Waals surface area contributed by atoms with Crippen LogP contribution in [0, 0.1) is 0 Å². The van der Waals surface area contributed by atoms with Gasteiger partial charge in [-0.2, -0.15) is 0 Å². The zero-order valence-corrected chi connectivity index (χ0v) is 12.7. The summed E-state index contributed by atoms with van der Waals surface area (Å²) in [4.78, 5) is 12.8. The van der Waals surface area contributed by atoms with Gasteiger partial charge in [0.1, 0.15) is 5.75 Å². The van der Waals surface area contributed by atoms with Crippen molar-refractivity contribution in [3.8, 4) is 5.75 Å². The Labute approximate surface area is 128 Å². The molecule has 0 saturated heterocycles. The van der Waals surface area contributed by atoms with Crippen molar-refractivity contribution in [2.75, 3.05) is 6.61 Å². The Morgan fingerprint density at radius 3 is 2.67 bits per heavy atom. The lowest BCUT2D eigenvalue weighted by atomic mass is 10.1. The molecule has 0 aromatic heterocycles. The summed E-state index contributed by atoms with van der Waals surface area (Å²) in [6.45, 7) is 2.53. The van der Waals surface area contributed by atoms with Crippen molar-refractivity contribution in [3.63, 3.8) is 0 Å². The van der Waals surface area contributed by atoms with Crippen LogP contribution in [0.1, 0.15) is 22.8 Å². The van der Waals surface area contributed by atoms with E-state index in [0.29, 0.717) is 12.2 Å². The Hall–Kier alpha value is -1.98. The zero-order valence-electron chi connectivity index (χ0n) is 11.8. The molecule has 1 amide bonds. The lowest BCUT2D eigenvalue weighted by molar-refractivity contribution is 0.0953. The minimum Gasteiger partial charge on any atom is -0.494 e. The van der Waals surface area contributed by atoms with Gasteiger partial charge in [-0.05, 0) is 37.3 Å². The molecule has 5 heteroatoms. The topological polar surface area (TPSA) is 64.3 Å². The number of ether oxygens (including phenoxy) is 1. The molecule has 0 aliphatic heterocycles. The largest absolute Gasteiger partial charge is 0.494 e. The molecule has 0 radical (unpaired) electrons. The van der Waals surface area contributed by atoms with E-state index in [-0.39, 0.29) is 5.91 Å². The molecule has 0 atom stereocenters. The smallest absolute Gasteiger partial charge is 0.265 e. The predicted octanol–water partition coefficient (Wildman–Crippen LogP) is 2.98. The third-order valence-electron chi connectivity index (χ3n) is 2.89. The molecule has 0 spiro atoms. The lowest BCUT2D eigenvalue weighted by Crippen LogP contribution is -2.30. The average Bonchev–Trinajstić information content (AvgIpc) is 2.54. The second-order valence-corrected chi connectivity index (χ2v) is 5.38. The number of hydrogen-bond acceptors (Lipinski definition) is 4. The van der Waals surface area contributed by atoms with E-state index in [1.54, 1.807) is 17.8 Å². The summed E-state index contributed by atoms with van der Waals surface area (Å²) in [6, 6.07) is 15.5. The maximum Gasteiger partial charge on any atom is 0.265 e. The summed E-state index contributed by atoms with van der Waals surface area (Å²) in [7, 11) is 0. The number of benzene rings is 2. The van der Waals surface area contributed by atoms with Gasteiger partial charge in [-0.25, -0.2) is 5.84 Å². The molecule has 110 valence electrons. The Balaban J connectivity index is 2.19. The third kappa shape index (κ3) is 4.24. The van der Waals surface area contributed by atoms with Crippen molar-refractivity contribution < 1.29 is 9.53 Å². The van der Waals surface area contributed by atoms with Crippen LogP contribution in [0.3, 0.4) is 0 Å².